The van der Waals surface area contributed by atoms with Gasteiger partial charge < -0.3 is 9.73 Å². The highest BCUT2D eigenvalue weighted by Crippen LogP contribution is 2.26. The summed E-state index contributed by atoms with van der Waals surface area (Å²) in [5.41, 5.74) is 2.00. The topological polar surface area (TPSA) is 62.6 Å². The standard InChI is InChI=1S/C21H15BrN2O3/c22-16-8-4-7-15(11-16)19-10-9-17(27-19)12-18-20(25)24(21(26)23-18)13-14-5-2-1-3-6-14/h1-12H,13H2,(H,23,26)/b18-12+. The second kappa shape index (κ2) is 7.25. The number of nitrogens with one attached hydrogen (secondary N) is 1. The Morgan fingerprint density at radius 3 is 2.59 bits per heavy atom. The zero-order chi connectivity index (χ0) is 18.8. The van der Waals surface area contributed by atoms with Crippen LogP contribution in [0.3, 0.4) is 0 Å². The van der Waals surface area contributed by atoms with Crippen molar-refractivity contribution in [2.45, 2.75) is 6.54 Å². The first-order valence-corrected chi connectivity index (χ1v) is 9.14. The summed E-state index contributed by atoms with van der Waals surface area (Å²) in [4.78, 5) is 25.9. The van der Waals surface area contributed by atoms with Gasteiger partial charge in [-0.25, -0.2) is 4.79 Å². The van der Waals surface area contributed by atoms with Crippen molar-refractivity contribution in [3.63, 3.8) is 0 Å². The fourth-order valence-electron chi connectivity index (χ4n) is 2.85. The number of halogens is 1. The van der Waals surface area contributed by atoms with Crippen molar-refractivity contribution in [1.29, 1.82) is 0 Å². The number of furan rings is 1. The van der Waals surface area contributed by atoms with E-state index in [0.717, 1.165) is 15.6 Å². The molecular formula is C21H15BrN2O3. The molecule has 1 aliphatic heterocycles. The molecule has 0 aliphatic carbocycles. The Kier molecular flexibility index (Phi) is 4.64. The van der Waals surface area contributed by atoms with Crippen molar-refractivity contribution >= 4 is 33.9 Å². The summed E-state index contributed by atoms with van der Waals surface area (Å²) in [5, 5.41) is 2.61. The molecule has 5 nitrogen and oxygen atoms in total. The summed E-state index contributed by atoms with van der Waals surface area (Å²) in [6.45, 7) is 0.226. The molecule has 0 spiro atoms. The average Bonchev–Trinajstić information content (AvgIpc) is 3.23. The molecule has 3 amide bonds. The quantitative estimate of drug-likeness (QED) is 0.484. The van der Waals surface area contributed by atoms with Crippen molar-refractivity contribution in [2.24, 2.45) is 0 Å². The fourth-order valence-corrected chi connectivity index (χ4v) is 3.25. The normalized spacial score (nSPS) is 15.4. The molecule has 0 radical (unpaired) electrons. The van der Waals surface area contributed by atoms with Gasteiger partial charge in [0, 0.05) is 16.1 Å². The van der Waals surface area contributed by atoms with Gasteiger partial charge in [0.05, 0.1) is 6.54 Å². The van der Waals surface area contributed by atoms with Crippen LogP contribution in [0.4, 0.5) is 4.79 Å². The van der Waals surface area contributed by atoms with E-state index in [1.807, 2.05) is 60.7 Å². The Balaban J connectivity index is 1.54. The van der Waals surface area contributed by atoms with Gasteiger partial charge in [0.25, 0.3) is 5.91 Å². The highest BCUT2D eigenvalue weighted by molar-refractivity contribution is 9.10. The number of carbonyl (C=O) groups is 2. The maximum absolute atomic E-state index is 12.6. The van der Waals surface area contributed by atoms with E-state index < -0.39 is 6.03 Å². The van der Waals surface area contributed by atoms with Gasteiger partial charge in [-0.15, -0.1) is 0 Å². The first-order valence-electron chi connectivity index (χ1n) is 8.34. The maximum atomic E-state index is 12.6. The summed E-state index contributed by atoms with van der Waals surface area (Å²) in [7, 11) is 0. The van der Waals surface area contributed by atoms with Gasteiger partial charge in [-0.1, -0.05) is 58.4 Å². The Hall–Kier alpha value is -3.12. The van der Waals surface area contributed by atoms with E-state index in [1.165, 1.54) is 4.90 Å². The van der Waals surface area contributed by atoms with Crippen LogP contribution in [0.25, 0.3) is 17.4 Å². The predicted octanol–water partition coefficient (Wildman–Crippen LogP) is 4.80. The summed E-state index contributed by atoms with van der Waals surface area (Å²) in [6, 6.07) is 20.3. The number of benzene rings is 2. The van der Waals surface area contributed by atoms with Crippen molar-refractivity contribution in [1.82, 2.24) is 10.2 Å². The highest BCUT2D eigenvalue weighted by Gasteiger charge is 2.33. The molecule has 0 unspecified atom stereocenters. The van der Waals surface area contributed by atoms with E-state index in [-0.39, 0.29) is 18.1 Å². The Morgan fingerprint density at radius 1 is 1.00 bits per heavy atom. The SMILES string of the molecule is O=C1N/C(=C/c2ccc(-c3cccc(Br)c3)o2)C(=O)N1Cc1ccccc1. The van der Waals surface area contributed by atoms with Gasteiger partial charge in [0.2, 0.25) is 0 Å². The second-order valence-electron chi connectivity index (χ2n) is 6.08. The molecule has 1 fully saturated rings. The van der Waals surface area contributed by atoms with E-state index in [4.69, 9.17) is 4.42 Å². The van der Waals surface area contributed by atoms with Gasteiger partial charge in [-0.2, -0.15) is 0 Å². The van der Waals surface area contributed by atoms with Gasteiger partial charge >= 0.3 is 6.03 Å². The number of imide groups is 1. The van der Waals surface area contributed by atoms with Gasteiger partial charge in [0.15, 0.2) is 0 Å². The van der Waals surface area contributed by atoms with Crippen LogP contribution in [0.15, 0.2) is 81.3 Å². The third kappa shape index (κ3) is 3.71. The molecule has 2 heterocycles. The Labute approximate surface area is 164 Å². The van der Waals surface area contributed by atoms with Gasteiger partial charge in [0.1, 0.15) is 17.2 Å². The van der Waals surface area contributed by atoms with Crippen LogP contribution in [-0.2, 0) is 11.3 Å². The summed E-state index contributed by atoms with van der Waals surface area (Å²) in [5.74, 6) is 0.806. The molecule has 1 N–H and O–H groups in total. The number of carbonyl (C=O) groups excluding carboxylic acids is 2. The summed E-state index contributed by atoms with van der Waals surface area (Å²) in [6.07, 6.45) is 1.55. The van der Waals surface area contributed by atoms with Crippen LogP contribution < -0.4 is 5.32 Å². The van der Waals surface area contributed by atoms with E-state index in [2.05, 4.69) is 21.2 Å². The first kappa shape index (κ1) is 17.3. The minimum Gasteiger partial charge on any atom is -0.457 e. The number of nitrogens with zero attached hydrogens (tertiary/aromatic N) is 1. The smallest absolute Gasteiger partial charge is 0.329 e. The number of hydrogen-bond donors (Lipinski definition) is 1. The Morgan fingerprint density at radius 2 is 1.81 bits per heavy atom. The molecule has 1 saturated heterocycles. The second-order valence-corrected chi connectivity index (χ2v) is 6.99. The maximum Gasteiger partial charge on any atom is 0.329 e. The molecule has 0 bridgehead atoms. The third-order valence-electron chi connectivity index (χ3n) is 4.17. The Bertz CT molecular complexity index is 1040. The van der Waals surface area contributed by atoms with Crippen LogP contribution in [0, 0.1) is 0 Å². The lowest BCUT2D eigenvalue weighted by molar-refractivity contribution is -0.123. The fraction of sp³-hybridized carbons (Fsp3) is 0.0476. The highest BCUT2D eigenvalue weighted by atomic mass is 79.9. The minimum atomic E-state index is -0.436. The number of urea groups is 1. The molecule has 134 valence electrons. The zero-order valence-electron chi connectivity index (χ0n) is 14.2. The molecule has 1 aromatic heterocycles. The molecule has 0 saturated carbocycles. The first-order chi connectivity index (χ1) is 13.1. The van der Waals surface area contributed by atoms with Crippen molar-refractivity contribution in [3.05, 3.63) is 88.2 Å². The molecular weight excluding hydrogens is 408 g/mol. The van der Waals surface area contributed by atoms with Gasteiger partial charge in [-0.05, 0) is 29.8 Å². The van der Waals surface area contributed by atoms with Crippen LogP contribution >= 0.6 is 15.9 Å². The molecule has 6 heteroatoms. The zero-order valence-corrected chi connectivity index (χ0v) is 15.8. The minimum absolute atomic E-state index is 0.200. The average molecular weight is 423 g/mol. The van der Waals surface area contributed by atoms with E-state index >= 15 is 0 Å². The van der Waals surface area contributed by atoms with E-state index in [0.29, 0.717) is 11.5 Å². The molecule has 1 aliphatic rings. The summed E-state index contributed by atoms with van der Waals surface area (Å²) >= 11 is 3.43. The van der Waals surface area contributed by atoms with Crippen molar-refractivity contribution in [3.8, 4) is 11.3 Å². The van der Waals surface area contributed by atoms with Crippen molar-refractivity contribution < 1.29 is 14.0 Å². The van der Waals surface area contributed by atoms with Crippen LogP contribution in [0.5, 0.6) is 0 Å². The molecule has 27 heavy (non-hydrogen) atoms. The van der Waals surface area contributed by atoms with Crippen LogP contribution in [-0.4, -0.2) is 16.8 Å². The monoisotopic (exact) mass is 422 g/mol. The predicted molar refractivity (Wildman–Crippen MR) is 105 cm³/mol. The van der Waals surface area contributed by atoms with E-state index in [1.54, 1.807) is 12.1 Å². The number of amides is 3. The lowest BCUT2D eigenvalue weighted by Crippen LogP contribution is -2.30. The number of rotatable bonds is 4. The lowest BCUT2D eigenvalue weighted by Gasteiger charge is -2.11. The number of hydrogen-bond acceptors (Lipinski definition) is 3. The van der Waals surface area contributed by atoms with Crippen LogP contribution in [0.2, 0.25) is 0 Å². The third-order valence-corrected chi connectivity index (χ3v) is 4.66. The molecule has 0 atom stereocenters. The van der Waals surface area contributed by atoms with Crippen LogP contribution in [0.1, 0.15) is 11.3 Å². The van der Waals surface area contributed by atoms with Gasteiger partial charge in [-0.3, -0.25) is 9.69 Å². The van der Waals surface area contributed by atoms with Crippen molar-refractivity contribution in [2.75, 3.05) is 0 Å². The van der Waals surface area contributed by atoms with E-state index in [9.17, 15) is 9.59 Å². The molecule has 4 rings (SSSR count). The summed E-state index contributed by atoms with van der Waals surface area (Å²) < 4.78 is 6.75. The molecule has 2 aromatic carbocycles. The lowest BCUT2D eigenvalue weighted by atomic mass is 10.2. The largest absolute Gasteiger partial charge is 0.457 e. The molecule has 3 aromatic rings.